The van der Waals surface area contributed by atoms with Crippen LogP contribution in [0.3, 0.4) is 0 Å². The number of rotatable bonds is 0. The Hall–Kier alpha value is -13.0. The van der Waals surface area contributed by atoms with Crippen molar-refractivity contribution in [3.05, 3.63) is 382 Å². The molecule has 0 unspecified atom stereocenters. The molecule has 4 nitrogen and oxygen atoms in total. The highest BCUT2D eigenvalue weighted by molar-refractivity contribution is 7.01. The van der Waals surface area contributed by atoms with Crippen molar-refractivity contribution < 1.29 is 0 Å². The van der Waals surface area contributed by atoms with Crippen molar-refractivity contribution in [1.29, 1.82) is 0 Å². The first-order valence-electron chi connectivity index (χ1n) is 43.4. The Morgan fingerprint density at radius 3 is 1.07 bits per heavy atom. The Kier molecular flexibility index (Phi) is 14.2. The van der Waals surface area contributed by atoms with Gasteiger partial charge in [0.25, 0.3) is 0 Å². The molecule has 0 amide bonds. The predicted molar refractivity (Wildman–Crippen MR) is 515 cm³/mol. The van der Waals surface area contributed by atoms with E-state index >= 15 is 0 Å². The summed E-state index contributed by atoms with van der Waals surface area (Å²) >= 11 is 0. The van der Waals surface area contributed by atoms with Gasteiger partial charge in [-0.3, -0.25) is 0 Å². The van der Waals surface area contributed by atoms with Crippen LogP contribution in [0.25, 0.3) is 110 Å². The monoisotopic (exact) mass is 1530 g/mol. The van der Waals surface area contributed by atoms with Gasteiger partial charge in [0.2, 0.25) is 26.9 Å². The lowest BCUT2D eigenvalue weighted by Crippen LogP contribution is -2.63. The molecule has 12 heterocycles. The first-order chi connectivity index (χ1) is 58.3. The maximum atomic E-state index is 2.55. The molecule has 0 fully saturated rings. The number of nitrogens with zero attached hydrogens (tertiary/aromatic N) is 4. The third-order valence-corrected chi connectivity index (χ3v) is 30.2. The number of fused-ring (bicyclic) bond motifs is 28. The van der Waals surface area contributed by atoms with Crippen LogP contribution in [0.15, 0.2) is 315 Å². The number of hydrogen-bond donors (Lipinski definition) is 0. The lowest BCUT2D eigenvalue weighted by Gasteiger charge is -2.42. The van der Waals surface area contributed by atoms with E-state index in [1.165, 1.54) is 242 Å². The van der Waals surface area contributed by atoms with Crippen LogP contribution in [-0.2, 0) is 21.7 Å². The van der Waals surface area contributed by atoms with Gasteiger partial charge in [-0.1, -0.05) is 350 Å². The Morgan fingerprint density at radius 2 is 0.550 bits per heavy atom. The van der Waals surface area contributed by atoms with Crippen LogP contribution in [0.2, 0.25) is 0 Å². The third kappa shape index (κ3) is 8.91. The second-order valence-electron chi connectivity index (χ2n) is 37.8. The molecule has 0 atom stereocenters. The van der Waals surface area contributed by atoms with Gasteiger partial charge in [0.1, 0.15) is 0 Å². The highest BCUT2D eigenvalue weighted by atomic mass is 15.0. The largest absolute Gasteiger partial charge is 0.310 e. The van der Waals surface area contributed by atoms with E-state index in [-0.39, 0.29) is 21.7 Å². The molecule has 0 saturated carbocycles. The molecule has 8 aliphatic rings. The van der Waals surface area contributed by atoms with Crippen LogP contribution in [-0.4, -0.2) is 45.1 Å². The van der Waals surface area contributed by atoms with Crippen LogP contribution < -0.4 is 65.6 Å². The molecule has 120 heavy (non-hydrogen) atoms. The molecular formula is C112H88B4N4. The van der Waals surface area contributed by atoms with Gasteiger partial charge >= 0.3 is 0 Å². The summed E-state index contributed by atoms with van der Waals surface area (Å²) in [4.78, 5) is 0. The zero-order valence-electron chi connectivity index (χ0n) is 70.1. The number of aromatic nitrogens is 4. The minimum absolute atomic E-state index is 0.0105. The maximum Gasteiger partial charge on any atom is 0.247 e. The summed E-state index contributed by atoms with van der Waals surface area (Å²) in [5.74, 6) is 0. The quantitative estimate of drug-likeness (QED) is 0.135. The Labute approximate surface area is 702 Å². The molecule has 8 aliphatic heterocycles. The normalized spacial score (nSPS) is 15.4. The molecule has 0 spiro atoms. The average Bonchev–Trinajstić information content (AvgIpc) is 1.42. The average molecular weight is 1530 g/mol. The van der Waals surface area contributed by atoms with Gasteiger partial charge in [0.15, 0.2) is 0 Å². The zero-order valence-corrected chi connectivity index (χ0v) is 70.1. The Morgan fingerprint density at radius 1 is 0.208 bits per heavy atom. The second kappa shape index (κ2) is 24.4. The Bertz CT molecular complexity index is 8020. The van der Waals surface area contributed by atoms with E-state index in [0.29, 0.717) is 26.9 Å². The van der Waals surface area contributed by atoms with Crippen molar-refractivity contribution in [2.45, 2.75) is 105 Å². The fourth-order valence-electron chi connectivity index (χ4n) is 25.1. The van der Waals surface area contributed by atoms with Crippen molar-refractivity contribution in [2.75, 3.05) is 0 Å². The molecule has 8 heteroatoms. The van der Waals surface area contributed by atoms with E-state index in [4.69, 9.17) is 0 Å². The molecule has 568 valence electrons. The summed E-state index contributed by atoms with van der Waals surface area (Å²) in [6, 6.07) is 119. The van der Waals surface area contributed by atoms with Crippen molar-refractivity contribution in [1.82, 2.24) is 18.3 Å². The van der Waals surface area contributed by atoms with Gasteiger partial charge in [-0.25, -0.2) is 0 Å². The number of benzene rings is 16. The SMILES string of the molecule is Cc1cc2c3c(c1)C(C)(C)c1ccccc1B3c1cccc3c4ccccc4n-2c13.Cc1ccc2c(c1)c1cccc3c1n2-c1cccc2c1B3c1ccccc1C2(C)C.Cc1ccc2c3c1-n1c4ccccc4c4cccc(c41)B3c1ccccc1C2(C)C.Cc1cccc2c1c1cccc3c1n2-c1cccc2c1B3c1ccccc1C2(C)C. The first kappa shape index (κ1) is 70.0. The summed E-state index contributed by atoms with van der Waals surface area (Å²) < 4.78 is 10.1. The standard InChI is InChI=1S/4C28H22BN/c1-17-15-21-26-25(16-17)30-24-14-7-4-9-18(24)19-10-8-13-23(27(19)30)29(26)22-12-6-5-11-20(22)28(21,2)3;1-17-15-16-21-25-26(17)30-24-14-7-4-9-18(24)19-10-8-13-23(27(19)30)29(25)22-12-6-5-11-20(22)28(21,2)3;1-17-9-6-15-23-25(17)18-10-7-14-22-27(18)30(23)24-16-8-12-20-26(24)29(22)21-13-5-4-11-19(21)28(20,2)3;1-17-14-15-24-19(16-17)18-8-6-12-23-27(18)30(24)25-13-7-10-21-26(25)29(23)22-11-5-4-9-20(22)28(21,2)3/h4*4-16H,1-3H3. The molecule has 0 aliphatic carbocycles. The van der Waals surface area contributed by atoms with Gasteiger partial charge in [0.05, 0.1) is 22.1 Å². The molecular weight excluding hydrogens is 1440 g/mol. The number of aryl methyl sites for hydroxylation is 4. The van der Waals surface area contributed by atoms with Crippen LogP contribution in [0.4, 0.5) is 0 Å². The summed E-state index contributed by atoms with van der Waals surface area (Å²) in [5, 5.41) is 10.9. The van der Waals surface area contributed by atoms with Gasteiger partial charge < -0.3 is 18.3 Å². The van der Waals surface area contributed by atoms with E-state index in [9.17, 15) is 0 Å². The second-order valence-corrected chi connectivity index (χ2v) is 37.8. The lowest BCUT2D eigenvalue weighted by molar-refractivity contribution is 0.644. The van der Waals surface area contributed by atoms with E-state index in [2.05, 4.69) is 417 Å². The molecule has 0 saturated heterocycles. The highest BCUT2D eigenvalue weighted by Gasteiger charge is 2.50. The molecule has 16 aromatic carbocycles. The van der Waals surface area contributed by atoms with Crippen LogP contribution in [0.5, 0.6) is 0 Å². The van der Waals surface area contributed by atoms with Crippen LogP contribution >= 0.6 is 0 Å². The molecule has 20 aromatic rings. The fourth-order valence-corrected chi connectivity index (χ4v) is 25.1. The summed E-state index contributed by atoms with van der Waals surface area (Å²) in [7, 11) is 0. The molecule has 0 N–H and O–H groups in total. The summed E-state index contributed by atoms with van der Waals surface area (Å²) in [5.41, 5.74) is 50.8. The predicted octanol–water partition coefficient (Wildman–Crippen LogP) is 18.2. The number of para-hydroxylation sites is 6. The van der Waals surface area contributed by atoms with Gasteiger partial charge in [-0.15, -0.1) is 0 Å². The highest BCUT2D eigenvalue weighted by Crippen LogP contribution is 2.47. The lowest BCUT2D eigenvalue weighted by atomic mass is 9.30. The number of hydrogen-bond acceptors (Lipinski definition) is 0. The van der Waals surface area contributed by atoms with Crippen LogP contribution in [0.1, 0.15) is 122 Å². The van der Waals surface area contributed by atoms with Crippen molar-refractivity contribution in [3.63, 3.8) is 0 Å². The first-order valence-corrected chi connectivity index (χ1v) is 43.4. The van der Waals surface area contributed by atoms with Crippen molar-refractivity contribution >= 4 is 180 Å². The van der Waals surface area contributed by atoms with Crippen molar-refractivity contribution in [3.8, 4) is 22.7 Å². The van der Waals surface area contributed by atoms with Crippen molar-refractivity contribution in [2.24, 2.45) is 0 Å². The fraction of sp³-hybridized carbons (Fsp3) is 0.143. The zero-order chi connectivity index (χ0) is 80.8. The summed E-state index contributed by atoms with van der Waals surface area (Å²) in [6.45, 7) is 29.2. The van der Waals surface area contributed by atoms with E-state index in [1.54, 1.807) is 0 Å². The van der Waals surface area contributed by atoms with Gasteiger partial charge in [-0.2, -0.15) is 0 Å². The minimum Gasteiger partial charge on any atom is -0.310 e. The van der Waals surface area contributed by atoms with E-state index in [0.717, 1.165) is 0 Å². The van der Waals surface area contributed by atoms with Crippen LogP contribution in [0, 0.1) is 27.7 Å². The topological polar surface area (TPSA) is 19.7 Å². The molecule has 0 radical (unpaired) electrons. The smallest absolute Gasteiger partial charge is 0.247 e. The minimum atomic E-state index is -0.0163. The Balaban J connectivity index is 0.0000000886. The molecule has 0 bridgehead atoms. The van der Waals surface area contributed by atoms with E-state index < -0.39 is 0 Å². The maximum absolute atomic E-state index is 2.55. The molecule has 4 aromatic heterocycles. The van der Waals surface area contributed by atoms with Gasteiger partial charge in [-0.05, 0) is 181 Å². The summed E-state index contributed by atoms with van der Waals surface area (Å²) in [6.07, 6.45) is 0. The molecule has 28 rings (SSSR count). The van der Waals surface area contributed by atoms with Gasteiger partial charge in [0, 0.05) is 110 Å². The van der Waals surface area contributed by atoms with E-state index in [1.807, 2.05) is 0 Å². The third-order valence-electron chi connectivity index (χ3n) is 30.2.